The van der Waals surface area contributed by atoms with Crippen molar-refractivity contribution >= 4 is 21.6 Å². The van der Waals surface area contributed by atoms with E-state index in [2.05, 4.69) is 53.3 Å². The monoisotopic (exact) mass is 579 g/mol. The van der Waals surface area contributed by atoms with Crippen molar-refractivity contribution in [3.05, 3.63) is 60.0 Å². The van der Waals surface area contributed by atoms with Gasteiger partial charge in [0.25, 0.3) is 0 Å². The van der Waals surface area contributed by atoms with E-state index in [1.54, 1.807) is 28.6 Å². The molecular formula is C31H41N5O4S. The molecule has 0 bridgehead atoms. The molecule has 3 heterocycles. The van der Waals surface area contributed by atoms with Crippen molar-refractivity contribution in [1.29, 1.82) is 0 Å². The molecule has 0 spiro atoms. The zero-order chi connectivity index (χ0) is 29.0. The van der Waals surface area contributed by atoms with Crippen LogP contribution in [0.15, 0.2) is 57.9 Å². The molecule has 0 radical (unpaired) electrons. The Bertz CT molecular complexity index is 1410. The lowest BCUT2D eigenvalue weighted by Gasteiger charge is -2.30. The summed E-state index contributed by atoms with van der Waals surface area (Å²) in [6.45, 7) is 9.75. The minimum Gasteiger partial charge on any atom is -0.338 e. The number of rotatable bonds is 7. The van der Waals surface area contributed by atoms with E-state index in [-0.39, 0.29) is 22.1 Å². The Morgan fingerprint density at radius 1 is 0.927 bits per heavy atom. The Hall–Kier alpha value is -3.08. The fourth-order valence-corrected chi connectivity index (χ4v) is 7.00. The van der Waals surface area contributed by atoms with E-state index in [0.717, 1.165) is 57.2 Å². The van der Waals surface area contributed by atoms with Crippen molar-refractivity contribution in [3.63, 3.8) is 0 Å². The van der Waals surface area contributed by atoms with Gasteiger partial charge >= 0.3 is 0 Å². The van der Waals surface area contributed by atoms with Crippen LogP contribution in [-0.2, 0) is 26.8 Å². The highest BCUT2D eigenvalue weighted by Crippen LogP contribution is 2.26. The number of benzene rings is 2. The van der Waals surface area contributed by atoms with E-state index in [9.17, 15) is 13.2 Å². The van der Waals surface area contributed by atoms with Crippen LogP contribution in [0.25, 0.3) is 11.4 Å². The van der Waals surface area contributed by atoms with Gasteiger partial charge in [-0.15, -0.1) is 0 Å². The summed E-state index contributed by atoms with van der Waals surface area (Å²) in [5, 5.41) is 7.14. The Morgan fingerprint density at radius 2 is 1.56 bits per heavy atom. The van der Waals surface area contributed by atoms with Crippen LogP contribution in [-0.4, -0.2) is 59.8 Å². The summed E-state index contributed by atoms with van der Waals surface area (Å²) in [6, 6.07) is 14.8. The van der Waals surface area contributed by atoms with Crippen molar-refractivity contribution in [2.24, 2.45) is 5.92 Å². The largest absolute Gasteiger partial charge is 0.338 e. The molecule has 1 N–H and O–H groups in total. The fraction of sp³-hybridized carbons (Fsp3) is 0.516. The fourth-order valence-electron chi connectivity index (χ4n) is 5.49. The SMILES string of the molecule is CC(C)(C)c1ccc(-c2noc(CN3CCC(C(=O)Nc4ccc(S(=O)(=O)N5CCCCCC5)cc4)CC3)n2)cc1. The zero-order valence-electron chi connectivity index (χ0n) is 24.3. The smallest absolute Gasteiger partial charge is 0.243 e. The Balaban J connectivity index is 1.10. The molecule has 2 aliphatic rings. The number of sulfonamides is 1. The third-order valence-corrected chi connectivity index (χ3v) is 10.0. The lowest BCUT2D eigenvalue weighted by atomic mass is 9.87. The Morgan fingerprint density at radius 3 is 2.17 bits per heavy atom. The minimum atomic E-state index is -3.51. The topological polar surface area (TPSA) is 109 Å². The lowest BCUT2D eigenvalue weighted by Crippen LogP contribution is -2.37. The number of aromatic nitrogens is 2. The van der Waals surface area contributed by atoms with Crippen LogP contribution in [0.1, 0.15) is 70.8 Å². The maximum Gasteiger partial charge on any atom is 0.243 e. The van der Waals surface area contributed by atoms with Gasteiger partial charge in [0, 0.05) is 30.3 Å². The summed E-state index contributed by atoms with van der Waals surface area (Å²) in [4.78, 5) is 20.0. The van der Waals surface area contributed by atoms with Crippen LogP contribution in [0, 0.1) is 5.92 Å². The lowest BCUT2D eigenvalue weighted by molar-refractivity contribution is -0.121. The molecule has 5 rings (SSSR count). The van der Waals surface area contributed by atoms with E-state index in [4.69, 9.17) is 4.52 Å². The van der Waals surface area contributed by atoms with Gasteiger partial charge in [-0.2, -0.15) is 9.29 Å². The minimum absolute atomic E-state index is 0.0356. The second-order valence-corrected chi connectivity index (χ2v) is 14.2. The van der Waals surface area contributed by atoms with Crippen LogP contribution >= 0.6 is 0 Å². The number of likely N-dealkylation sites (tertiary alicyclic amines) is 1. The van der Waals surface area contributed by atoms with Gasteiger partial charge in [-0.1, -0.05) is 63.0 Å². The van der Waals surface area contributed by atoms with Crippen molar-refractivity contribution < 1.29 is 17.7 Å². The van der Waals surface area contributed by atoms with Gasteiger partial charge in [0.1, 0.15) is 0 Å². The maximum atomic E-state index is 13.0. The second kappa shape index (κ2) is 12.4. The first-order chi connectivity index (χ1) is 19.6. The average Bonchev–Trinajstić information content (AvgIpc) is 3.24. The van der Waals surface area contributed by atoms with Crippen LogP contribution < -0.4 is 5.32 Å². The van der Waals surface area contributed by atoms with E-state index in [1.807, 2.05) is 12.1 Å². The molecule has 2 aliphatic heterocycles. The summed E-state index contributed by atoms with van der Waals surface area (Å²) in [7, 11) is -3.51. The number of hydrogen-bond donors (Lipinski definition) is 1. The van der Waals surface area contributed by atoms with Gasteiger partial charge < -0.3 is 9.84 Å². The Labute approximate surface area is 243 Å². The Kier molecular flexibility index (Phi) is 8.91. The van der Waals surface area contributed by atoms with Crippen molar-refractivity contribution in [3.8, 4) is 11.4 Å². The number of hydrogen-bond acceptors (Lipinski definition) is 7. The summed E-state index contributed by atoms with van der Waals surface area (Å²) in [5.41, 5.74) is 2.88. The molecule has 41 heavy (non-hydrogen) atoms. The molecule has 1 aromatic heterocycles. The normalized spacial score (nSPS) is 18.2. The van der Waals surface area contributed by atoms with Crippen LogP contribution in [0.5, 0.6) is 0 Å². The highest BCUT2D eigenvalue weighted by atomic mass is 32.2. The molecule has 3 aromatic rings. The van der Waals surface area contributed by atoms with Crippen LogP contribution in [0.3, 0.4) is 0 Å². The predicted molar refractivity (Wildman–Crippen MR) is 159 cm³/mol. The van der Waals surface area contributed by atoms with E-state index >= 15 is 0 Å². The molecule has 220 valence electrons. The number of nitrogens with one attached hydrogen (secondary N) is 1. The maximum absolute atomic E-state index is 13.0. The third-order valence-electron chi connectivity index (χ3n) is 8.12. The van der Waals surface area contributed by atoms with Crippen molar-refractivity contribution in [2.45, 2.75) is 76.2 Å². The molecule has 0 aliphatic carbocycles. The number of carbonyl (C=O) groups excluding carboxylic acids is 1. The summed E-state index contributed by atoms with van der Waals surface area (Å²) in [5.74, 6) is 1.01. The molecule has 0 saturated carbocycles. The van der Waals surface area contributed by atoms with Gasteiger partial charge in [0.2, 0.25) is 27.6 Å². The number of carbonyl (C=O) groups is 1. The number of amides is 1. The molecule has 2 saturated heterocycles. The van der Waals surface area contributed by atoms with Crippen LogP contribution in [0.4, 0.5) is 5.69 Å². The quantitative estimate of drug-likeness (QED) is 0.397. The first kappa shape index (κ1) is 29.4. The van der Waals surface area contributed by atoms with Crippen molar-refractivity contribution in [1.82, 2.24) is 19.3 Å². The van der Waals surface area contributed by atoms with E-state index in [0.29, 0.717) is 37.0 Å². The van der Waals surface area contributed by atoms with Crippen LogP contribution in [0.2, 0.25) is 0 Å². The summed E-state index contributed by atoms with van der Waals surface area (Å²) in [6.07, 6.45) is 5.38. The third kappa shape index (κ3) is 7.23. The highest BCUT2D eigenvalue weighted by Gasteiger charge is 2.27. The molecular weight excluding hydrogens is 538 g/mol. The number of anilines is 1. The molecule has 2 fully saturated rings. The van der Waals surface area contributed by atoms with Gasteiger partial charge in [-0.05, 0) is 74.0 Å². The molecule has 0 atom stereocenters. The molecule has 9 nitrogen and oxygen atoms in total. The van der Waals surface area contributed by atoms with E-state index in [1.165, 1.54) is 5.56 Å². The van der Waals surface area contributed by atoms with Gasteiger partial charge in [0.05, 0.1) is 11.4 Å². The van der Waals surface area contributed by atoms with Gasteiger partial charge in [0.15, 0.2) is 0 Å². The zero-order valence-corrected chi connectivity index (χ0v) is 25.1. The summed E-state index contributed by atoms with van der Waals surface area (Å²) < 4.78 is 33.1. The van der Waals surface area contributed by atoms with Crippen molar-refractivity contribution in [2.75, 3.05) is 31.5 Å². The second-order valence-electron chi connectivity index (χ2n) is 12.2. The van der Waals surface area contributed by atoms with Gasteiger partial charge in [-0.25, -0.2) is 8.42 Å². The highest BCUT2D eigenvalue weighted by molar-refractivity contribution is 7.89. The van der Waals surface area contributed by atoms with Gasteiger partial charge in [-0.3, -0.25) is 9.69 Å². The first-order valence-corrected chi connectivity index (χ1v) is 16.1. The number of nitrogens with zero attached hydrogens (tertiary/aromatic N) is 4. The summed E-state index contributed by atoms with van der Waals surface area (Å²) >= 11 is 0. The molecule has 10 heteroatoms. The molecule has 2 aromatic carbocycles. The molecule has 0 unspecified atom stereocenters. The first-order valence-electron chi connectivity index (χ1n) is 14.7. The average molecular weight is 580 g/mol. The standard InChI is InChI=1S/C31H41N5O4S/c1-31(2,3)25-10-8-23(9-11-25)29-33-28(40-34-29)22-35-20-16-24(17-21-35)30(37)32-26-12-14-27(15-13-26)41(38,39)36-18-6-4-5-7-19-36/h8-15,24H,4-7,16-22H2,1-3H3,(H,32,37). The number of piperidine rings is 1. The molecule has 1 amide bonds. The predicted octanol–water partition coefficient (Wildman–Crippen LogP) is 5.45. The van der Waals surface area contributed by atoms with E-state index < -0.39 is 10.0 Å².